The number of hydrogen-bond donors (Lipinski definition) is 1. The van der Waals surface area contributed by atoms with E-state index in [1.54, 1.807) is 0 Å². The van der Waals surface area contributed by atoms with Gasteiger partial charge in [-0.3, -0.25) is 0 Å². The first kappa shape index (κ1) is 11.0. The molecule has 1 unspecified atom stereocenters. The van der Waals surface area contributed by atoms with Crippen LogP contribution in [0.25, 0.3) is 0 Å². The molecule has 0 fully saturated rings. The molecule has 0 saturated heterocycles. The highest BCUT2D eigenvalue weighted by Gasteiger charge is 2.06. The van der Waals surface area contributed by atoms with Gasteiger partial charge in [-0.05, 0) is 29.6 Å². The summed E-state index contributed by atoms with van der Waals surface area (Å²) in [7, 11) is 0. The Bertz CT molecular complexity index is 341. The summed E-state index contributed by atoms with van der Waals surface area (Å²) in [4.78, 5) is 11.3. The normalized spacial score (nSPS) is 11.9. The van der Waals surface area contributed by atoms with Crippen molar-refractivity contribution >= 4 is 29.2 Å². The Labute approximate surface area is 92.1 Å². The standard InChI is InChI=1S/C8H8Cl2N4/c1-3-5(4-2)11-8-13-6(9)12-7(10)14-8/h1,5H,4H2,2H3,(H,11,12,13,14). The molecule has 1 aromatic rings. The van der Waals surface area contributed by atoms with Crippen LogP contribution in [0.1, 0.15) is 13.3 Å². The summed E-state index contributed by atoms with van der Waals surface area (Å²) < 4.78 is 0. The Balaban J connectivity index is 2.82. The van der Waals surface area contributed by atoms with Gasteiger partial charge in [0.05, 0.1) is 6.04 Å². The third-order valence-corrected chi connectivity index (χ3v) is 1.83. The first-order chi connectivity index (χ1) is 6.65. The van der Waals surface area contributed by atoms with Gasteiger partial charge in [0.2, 0.25) is 16.5 Å². The molecular formula is C8H8Cl2N4. The first-order valence-electron chi connectivity index (χ1n) is 3.95. The number of hydrogen-bond acceptors (Lipinski definition) is 4. The molecule has 1 heterocycles. The lowest BCUT2D eigenvalue weighted by atomic mass is 10.2. The maximum absolute atomic E-state index is 5.58. The summed E-state index contributed by atoms with van der Waals surface area (Å²) in [5.74, 6) is 2.83. The predicted octanol–water partition coefficient (Wildman–Crippen LogP) is 2.00. The highest BCUT2D eigenvalue weighted by Crippen LogP contribution is 2.10. The van der Waals surface area contributed by atoms with E-state index in [1.165, 1.54) is 0 Å². The van der Waals surface area contributed by atoms with Crippen molar-refractivity contribution in [1.82, 2.24) is 15.0 Å². The van der Waals surface area contributed by atoms with Crippen molar-refractivity contribution in [3.63, 3.8) is 0 Å². The topological polar surface area (TPSA) is 50.7 Å². The zero-order valence-corrected chi connectivity index (χ0v) is 8.97. The number of aromatic nitrogens is 3. The van der Waals surface area contributed by atoms with Gasteiger partial charge in [0.25, 0.3) is 0 Å². The molecule has 0 radical (unpaired) electrons. The summed E-state index contributed by atoms with van der Waals surface area (Å²) in [5, 5.41) is 2.97. The van der Waals surface area contributed by atoms with Crippen molar-refractivity contribution < 1.29 is 0 Å². The highest BCUT2D eigenvalue weighted by molar-refractivity contribution is 6.31. The lowest BCUT2D eigenvalue weighted by molar-refractivity contribution is 0.836. The molecule has 1 aromatic heterocycles. The average molecular weight is 231 g/mol. The maximum atomic E-state index is 5.58. The second kappa shape index (κ2) is 4.99. The molecule has 1 rings (SSSR count). The SMILES string of the molecule is C#CC(CC)Nc1nc(Cl)nc(Cl)n1. The van der Waals surface area contributed by atoms with Crippen molar-refractivity contribution in [2.24, 2.45) is 0 Å². The average Bonchev–Trinajstić information content (AvgIpc) is 2.12. The summed E-state index contributed by atoms with van der Waals surface area (Å²) in [6, 6.07) is -0.135. The molecule has 1 atom stereocenters. The van der Waals surface area contributed by atoms with Gasteiger partial charge in [-0.1, -0.05) is 12.8 Å². The zero-order valence-electron chi connectivity index (χ0n) is 7.46. The van der Waals surface area contributed by atoms with Crippen LogP contribution in [0.2, 0.25) is 10.6 Å². The van der Waals surface area contributed by atoms with Crippen molar-refractivity contribution in [3.05, 3.63) is 10.6 Å². The molecular weight excluding hydrogens is 223 g/mol. The minimum atomic E-state index is -0.135. The summed E-state index contributed by atoms with van der Waals surface area (Å²) >= 11 is 11.2. The molecule has 0 amide bonds. The lowest BCUT2D eigenvalue weighted by Gasteiger charge is -2.09. The fourth-order valence-corrected chi connectivity index (χ4v) is 1.17. The van der Waals surface area contributed by atoms with Gasteiger partial charge < -0.3 is 5.32 Å². The third kappa shape index (κ3) is 3.02. The van der Waals surface area contributed by atoms with Gasteiger partial charge >= 0.3 is 0 Å². The Kier molecular flexibility index (Phi) is 3.93. The smallest absolute Gasteiger partial charge is 0.229 e. The minimum absolute atomic E-state index is 0.0411. The summed E-state index contributed by atoms with van der Waals surface area (Å²) in [6.45, 7) is 1.95. The molecule has 0 aromatic carbocycles. The van der Waals surface area contributed by atoms with E-state index in [-0.39, 0.29) is 16.6 Å². The lowest BCUT2D eigenvalue weighted by Crippen LogP contribution is -2.18. The van der Waals surface area contributed by atoms with E-state index in [0.717, 1.165) is 6.42 Å². The van der Waals surface area contributed by atoms with Crippen molar-refractivity contribution in [3.8, 4) is 12.3 Å². The molecule has 74 valence electrons. The Morgan fingerprint density at radius 1 is 1.36 bits per heavy atom. The van der Waals surface area contributed by atoms with Crippen LogP contribution in [0.4, 0.5) is 5.95 Å². The van der Waals surface area contributed by atoms with E-state index in [2.05, 4.69) is 26.2 Å². The quantitative estimate of drug-likeness (QED) is 0.808. The second-order valence-electron chi connectivity index (χ2n) is 2.47. The van der Waals surface area contributed by atoms with E-state index >= 15 is 0 Å². The first-order valence-corrected chi connectivity index (χ1v) is 4.71. The van der Waals surface area contributed by atoms with E-state index in [9.17, 15) is 0 Å². The molecule has 0 saturated carbocycles. The Morgan fingerprint density at radius 3 is 2.36 bits per heavy atom. The summed E-state index contributed by atoms with van der Waals surface area (Å²) in [6.07, 6.45) is 6.02. The van der Waals surface area contributed by atoms with Crippen LogP contribution in [0.3, 0.4) is 0 Å². The molecule has 0 aliphatic rings. The van der Waals surface area contributed by atoms with Gasteiger partial charge in [0.15, 0.2) is 0 Å². The van der Waals surface area contributed by atoms with Crippen LogP contribution < -0.4 is 5.32 Å². The van der Waals surface area contributed by atoms with E-state index in [0.29, 0.717) is 5.95 Å². The summed E-state index contributed by atoms with van der Waals surface area (Å²) in [5.41, 5.74) is 0. The van der Waals surface area contributed by atoms with E-state index in [4.69, 9.17) is 29.6 Å². The minimum Gasteiger partial charge on any atom is -0.340 e. The van der Waals surface area contributed by atoms with Crippen LogP contribution in [-0.2, 0) is 0 Å². The maximum Gasteiger partial charge on any atom is 0.229 e. The Morgan fingerprint density at radius 2 is 1.93 bits per heavy atom. The molecule has 0 spiro atoms. The number of rotatable bonds is 3. The molecule has 0 aliphatic heterocycles. The van der Waals surface area contributed by atoms with Gasteiger partial charge in [-0.25, -0.2) is 0 Å². The van der Waals surface area contributed by atoms with Crippen molar-refractivity contribution in [1.29, 1.82) is 0 Å². The van der Waals surface area contributed by atoms with Crippen molar-refractivity contribution in [2.45, 2.75) is 19.4 Å². The number of nitrogens with zero attached hydrogens (tertiary/aromatic N) is 3. The van der Waals surface area contributed by atoms with Gasteiger partial charge in [-0.15, -0.1) is 6.42 Å². The largest absolute Gasteiger partial charge is 0.340 e. The number of terminal acetylenes is 1. The number of nitrogens with one attached hydrogen (secondary N) is 1. The molecule has 14 heavy (non-hydrogen) atoms. The van der Waals surface area contributed by atoms with Gasteiger partial charge in [-0.2, -0.15) is 15.0 Å². The molecule has 6 heteroatoms. The predicted molar refractivity (Wildman–Crippen MR) is 56.4 cm³/mol. The molecule has 4 nitrogen and oxygen atoms in total. The van der Waals surface area contributed by atoms with Gasteiger partial charge in [0, 0.05) is 0 Å². The molecule has 0 aliphatic carbocycles. The number of halogens is 2. The fraction of sp³-hybridized carbons (Fsp3) is 0.375. The second-order valence-corrected chi connectivity index (χ2v) is 3.15. The van der Waals surface area contributed by atoms with Crippen LogP contribution in [0.15, 0.2) is 0 Å². The highest BCUT2D eigenvalue weighted by atomic mass is 35.5. The third-order valence-electron chi connectivity index (χ3n) is 1.49. The number of anilines is 1. The zero-order chi connectivity index (χ0) is 10.6. The monoisotopic (exact) mass is 230 g/mol. The van der Waals surface area contributed by atoms with Crippen molar-refractivity contribution in [2.75, 3.05) is 5.32 Å². The van der Waals surface area contributed by atoms with Crippen LogP contribution >= 0.6 is 23.2 Å². The van der Waals surface area contributed by atoms with E-state index in [1.807, 2.05) is 6.92 Å². The molecule has 0 bridgehead atoms. The van der Waals surface area contributed by atoms with E-state index < -0.39 is 0 Å². The molecule has 1 N–H and O–H groups in total. The van der Waals surface area contributed by atoms with Crippen LogP contribution in [0.5, 0.6) is 0 Å². The fourth-order valence-electron chi connectivity index (χ4n) is 0.808. The van der Waals surface area contributed by atoms with Gasteiger partial charge in [0.1, 0.15) is 0 Å². The van der Waals surface area contributed by atoms with Crippen LogP contribution in [0, 0.1) is 12.3 Å². The Hall–Kier alpha value is -1.05. The van der Waals surface area contributed by atoms with Crippen LogP contribution in [-0.4, -0.2) is 21.0 Å².